The van der Waals surface area contributed by atoms with Crippen LogP contribution in [0, 0.1) is 6.92 Å². The molecule has 1 saturated carbocycles. The molecule has 112 valence electrons. The molecule has 1 aliphatic rings. The van der Waals surface area contributed by atoms with Gasteiger partial charge in [-0.2, -0.15) is 0 Å². The second-order valence-electron chi connectivity index (χ2n) is 6.28. The number of nitrogens with one attached hydrogen (secondary N) is 1. The van der Waals surface area contributed by atoms with E-state index < -0.39 is 0 Å². The molecule has 0 radical (unpaired) electrons. The Bertz CT molecular complexity index is 405. The van der Waals surface area contributed by atoms with Crippen LogP contribution in [0.2, 0.25) is 0 Å². The van der Waals surface area contributed by atoms with Gasteiger partial charge in [0.25, 0.3) is 0 Å². The van der Waals surface area contributed by atoms with Crippen LogP contribution in [0.1, 0.15) is 56.3 Å². The van der Waals surface area contributed by atoms with E-state index in [4.69, 9.17) is 0 Å². The molecule has 0 amide bonds. The molecule has 0 bridgehead atoms. The molecule has 1 N–H and O–H groups in total. The highest BCUT2D eigenvalue weighted by molar-refractivity contribution is 5.22. The standard InChI is InChI=1S/C17H29N3/c1-5-18-16(15-10-9-14(2)19-13-15)17(20(3)4)11-7-6-8-12-17/h9-10,13,16,18H,5-8,11-12H2,1-4H3. The van der Waals surface area contributed by atoms with Gasteiger partial charge < -0.3 is 10.2 Å². The predicted octanol–water partition coefficient (Wildman–Crippen LogP) is 3.31. The first kappa shape index (κ1) is 15.5. The highest BCUT2D eigenvalue weighted by Gasteiger charge is 2.42. The molecule has 20 heavy (non-hydrogen) atoms. The van der Waals surface area contributed by atoms with E-state index in [0.717, 1.165) is 12.2 Å². The van der Waals surface area contributed by atoms with Crippen LogP contribution in [-0.2, 0) is 0 Å². The van der Waals surface area contributed by atoms with Gasteiger partial charge in [0.2, 0.25) is 0 Å². The molecule has 1 fully saturated rings. The number of nitrogens with zero attached hydrogens (tertiary/aromatic N) is 2. The molecule has 1 aromatic rings. The summed E-state index contributed by atoms with van der Waals surface area (Å²) in [6.45, 7) is 5.24. The van der Waals surface area contributed by atoms with E-state index in [2.05, 4.69) is 54.5 Å². The van der Waals surface area contributed by atoms with Gasteiger partial charge in [0.05, 0.1) is 6.04 Å². The Balaban J connectivity index is 2.35. The molecule has 0 spiro atoms. The van der Waals surface area contributed by atoms with Gasteiger partial charge in [-0.1, -0.05) is 32.3 Å². The second kappa shape index (κ2) is 6.68. The number of aryl methyl sites for hydroxylation is 1. The minimum atomic E-state index is 0.227. The van der Waals surface area contributed by atoms with E-state index in [-0.39, 0.29) is 5.54 Å². The van der Waals surface area contributed by atoms with Crippen LogP contribution in [0.5, 0.6) is 0 Å². The molecule has 1 unspecified atom stereocenters. The Morgan fingerprint density at radius 2 is 1.95 bits per heavy atom. The van der Waals surface area contributed by atoms with Gasteiger partial charge in [-0.05, 0) is 52.0 Å². The van der Waals surface area contributed by atoms with Crippen molar-refractivity contribution in [3.8, 4) is 0 Å². The zero-order valence-corrected chi connectivity index (χ0v) is 13.4. The monoisotopic (exact) mass is 275 g/mol. The van der Waals surface area contributed by atoms with Gasteiger partial charge >= 0.3 is 0 Å². The van der Waals surface area contributed by atoms with Crippen LogP contribution < -0.4 is 5.32 Å². The SMILES string of the molecule is CCNC(c1ccc(C)nc1)C1(N(C)C)CCCCC1. The molecule has 1 aliphatic carbocycles. The van der Waals surface area contributed by atoms with Gasteiger partial charge in [0.1, 0.15) is 0 Å². The number of hydrogen-bond acceptors (Lipinski definition) is 3. The first-order valence-electron chi connectivity index (χ1n) is 7.93. The van der Waals surface area contributed by atoms with Crippen LogP contribution in [-0.4, -0.2) is 36.1 Å². The normalized spacial score (nSPS) is 20.1. The van der Waals surface area contributed by atoms with Crippen molar-refractivity contribution in [1.82, 2.24) is 15.2 Å². The van der Waals surface area contributed by atoms with E-state index >= 15 is 0 Å². The van der Waals surface area contributed by atoms with E-state index in [1.165, 1.54) is 37.7 Å². The van der Waals surface area contributed by atoms with E-state index in [1.54, 1.807) is 0 Å². The van der Waals surface area contributed by atoms with Crippen molar-refractivity contribution in [2.75, 3.05) is 20.6 Å². The largest absolute Gasteiger partial charge is 0.309 e. The number of hydrogen-bond donors (Lipinski definition) is 1. The summed E-state index contributed by atoms with van der Waals surface area (Å²) in [5.74, 6) is 0. The summed E-state index contributed by atoms with van der Waals surface area (Å²) < 4.78 is 0. The number of pyridine rings is 1. The van der Waals surface area contributed by atoms with E-state index in [1.807, 2.05) is 6.92 Å². The molecule has 3 nitrogen and oxygen atoms in total. The molecule has 1 aromatic heterocycles. The Hall–Kier alpha value is -0.930. The van der Waals surface area contributed by atoms with Crippen LogP contribution >= 0.6 is 0 Å². The lowest BCUT2D eigenvalue weighted by Gasteiger charge is -2.49. The lowest BCUT2D eigenvalue weighted by Crippen LogP contribution is -2.54. The molecular weight excluding hydrogens is 246 g/mol. The third-order valence-electron chi connectivity index (χ3n) is 4.82. The van der Waals surface area contributed by atoms with Crippen LogP contribution in [0.25, 0.3) is 0 Å². The third kappa shape index (κ3) is 3.04. The lowest BCUT2D eigenvalue weighted by molar-refractivity contribution is 0.0569. The van der Waals surface area contributed by atoms with Gasteiger partial charge in [-0.3, -0.25) is 4.98 Å². The Kier molecular flexibility index (Phi) is 5.17. The summed E-state index contributed by atoms with van der Waals surface area (Å²) >= 11 is 0. The molecule has 1 atom stereocenters. The zero-order valence-electron chi connectivity index (χ0n) is 13.4. The van der Waals surface area contributed by atoms with E-state index in [0.29, 0.717) is 6.04 Å². The van der Waals surface area contributed by atoms with Crippen LogP contribution in [0.3, 0.4) is 0 Å². The molecule has 0 aromatic carbocycles. The smallest absolute Gasteiger partial charge is 0.0522 e. The number of aromatic nitrogens is 1. The maximum Gasteiger partial charge on any atom is 0.0522 e. The highest BCUT2D eigenvalue weighted by Crippen LogP contribution is 2.41. The zero-order chi connectivity index (χ0) is 14.6. The van der Waals surface area contributed by atoms with Gasteiger partial charge in [0.15, 0.2) is 0 Å². The van der Waals surface area contributed by atoms with Gasteiger partial charge in [0, 0.05) is 17.4 Å². The summed E-state index contributed by atoms with van der Waals surface area (Å²) in [5.41, 5.74) is 2.64. The van der Waals surface area contributed by atoms with Crippen molar-refractivity contribution < 1.29 is 0 Å². The predicted molar refractivity (Wildman–Crippen MR) is 84.9 cm³/mol. The molecule has 0 saturated heterocycles. The van der Waals surface area contributed by atoms with Crippen molar-refractivity contribution in [2.45, 2.75) is 57.5 Å². The molecule has 0 aliphatic heterocycles. The van der Waals surface area contributed by atoms with Crippen molar-refractivity contribution in [1.29, 1.82) is 0 Å². The Labute approximate surface area is 123 Å². The maximum atomic E-state index is 4.51. The second-order valence-corrected chi connectivity index (χ2v) is 6.28. The van der Waals surface area contributed by atoms with Gasteiger partial charge in [-0.15, -0.1) is 0 Å². The highest BCUT2D eigenvalue weighted by atomic mass is 15.2. The fourth-order valence-corrected chi connectivity index (χ4v) is 3.63. The summed E-state index contributed by atoms with van der Waals surface area (Å²) in [6, 6.07) is 4.75. The quantitative estimate of drug-likeness (QED) is 0.893. The third-order valence-corrected chi connectivity index (χ3v) is 4.82. The van der Waals surface area contributed by atoms with Crippen molar-refractivity contribution in [3.05, 3.63) is 29.6 Å². The summed E-state index contributed by atoms with van der Waals surface area (Å²) in [6.07, 6.45) is 8.64. The fourth-order valence-electron chi connectivity index (χ4n) is 3.63. The van der Waals surface area contributed by atoms with Crippen LogP contribution in [0.15, 0.2) is 18.3 Å². The lowest BCUT2D eigenvalue weighted by atomic mass is 9.73. The van der Waals surface area contributed by atoms with E-state index in [9.17, 15) is 0 Å². The molecule has 1 heterocycles. The van der Waals surface area contributed by atoms with Gasteiger partial charge in [-0.25, -0.2) is 0 Å². The Morgan fingerprint density at radius 3 is 2.45 bits per heavy atom. The van der Waals surface area contributed by atoms with Crippen molar-refractivity contribution in [3.63, 3.8) is 0 Å². The molecular formula is C17H29N3. The molecule has 3 heteroatoms. The summed E-state index contributed by atoms with van der Waals surface area (Å²) in [7, 11) is 4.47. The Morgan fingerprint density at radius 1 is 1.25 bits per heavy atom. The summed E-state index contributed by atoms with van der Waals surface area (Å²) in [4.78, 5) is 6.95. The summed E-state index contributed by atoms with van der Waals surface area (Å²) in [5, 5.41) is 3.73. The first-order chi connectivity index (χ1) is 9.60. The van der Waals surface area contributed by atoms with Crippen molar-refractivity contribution in [2.24, 2.45) is 0 Å². The number of likely N-dealkylation sites (N-methyl/N-ethyl adjacent to an activating group) is 2. The average molecular weight is 275 g/mol. The average Bonchev–Trinajstić information content (AvgIpc) is 2.46. The first-order valence-corrected chi connectivity index (χ1v) is 7.93. The van der Waals surface area contributed by atoms with Crippen LogP contribution in [0.4, 0.5) is 0 Å². The molecule has 2 rings (SSSR count). The minimum Gasteiger partial charge on any atom is -0.309 e. The maximum absolute atomic E-state index is 4.51. The minimum absolute atomic E-state index is 0.227. The topological polar surface area (TPSA) is 28.2 Å². The number of rotatable bonds is 5. The fraction of sp³-hybridized carbons (Fsp3) is 0.706. The van der Waals surface area contributed by atoms with Crippen molar-refractivity contribution >= 4 is 0 Å².